The number of hydrogen-bond acceptors (Lipinski definition) is 2. The van der Waals surface area contributed by atoms with Crippen LogP contribution >= 0.6 is 0 Å². The van der Waals surface area contributed by atoms with Crippen LogP contribution in [0.15, 0.2) is 12.5 Å². The number of nitrogens with zero attached hydrogens (tertiary/aromatic N) is 2. The predicted molar refractivity (Wildman–Crippen MR) is 45.1 cm³/mol. The van der Waals surface area contributed by atoms with Gasteiger partial charge in [0.05, 0.1) is 12.0 Å². The Morgan fingerprint density at radius 3 is 3.00 bits per heavy atom. The van der Waals surface area contributed by atoms with Gasteiger partial charge in [0, 0.05) is 18.8 Å². The van der Waals surface area contributed by atoms with Crippen molar-refractivity contribution in [3.63, 3.8) is 0 Å². The lowest BCUT2D eigenvalue weighted by atomic mass is 10.2. The summed E-state index contributed by atoms with van der Waals surface area (Å²) in [7, 11) is 0. The Kier molecular flexibility index (Phi) is 2.65. The fourth-order valence-electron chi connectivity index (χ4n) is 1.14. The smallest absolute Gasteiger partial charge is 0.0948 e. The molecule has 0 amide bonds. The van der Waals surface area contributed by atoms with Crippen LogP contribution in [-0.4, -0.2) is 9.55 Å². The third-order valence-corrected chi connectivity index (χ3v) is 1.68. The highest BCUT2D eigenvalue weighted by Gasteiger charge is 2.04. The minimum Gasteiger partial charge on any atom is -0.333 e. The van der Waals surface area contributed by atoms with E-state index in [1.807, 2.05) is 19.4 Å². The van der Waals surface area contributed by atoms with Crippen molar-refractivity contribution in [3.8, 4) is 0 Å². The summed E-state index contributed by atoms with van der Waals surface area (Å²) in [6.07, 6.45) is 4.79. The maximum Gasteiger partial charge on any atom is 0.0948 e. The predicted octanol–water partition coefficient (Wildman–Crippen LogP) is 1.31. The number of aryl methyl sites for hydroxylation is 1. The molecule has 0 radical (unpaired) electrons. The van der Waals surface area contributed by atoms with Crippen molar-refractivity contribution in [3.05, 3.63) is 18.2 Å². The van der Waals surface area contributed by atoms with Crippen molar-refractivity contribution >= 4 is 0 Å². The lowest BCUT2D eigenvalue weighted by molar-refractivity contribution is 0.614. The van der Waals surface area contributed by atoms with Gasteiger partial charge in [0.15, 0.2) is 0 Å². The van der Waals surface area contributed by atoms with Crippen LogP contribution in [0.2, 0.25) is 0 Å². The third kappa shape index (κ3) is 1.80. The highest BCUT2D eigenvalue weighted by molar-refractivity contribution is 5.02. The van der Waals surface area contributed by atoms with E-state index in [-0.39, 0.29) is 6.04 Å². The van der Waals surface area contributed by atoms with E-state index < -0.39 is 0 Å². The molecular weight excluding hydrogens is 138 g/mol. The summed E-state index contributed by atoms with van der Waals surface area (Å²) < 4.78 is 2.10. The molecule has 0 aliphatic rings. The minimum absolute atomic E-state index is 0.0871. The maximum absolute atomic E-state index is 5.73. The van der Waals surface area contributed by atoms with Crippen LogP contribution in [0.1, 0.15) is 32.0 Å². The van der Waals surface area contributed by atoms with E-state index in [1.165, 1.54) is 0 Å². The minimum atomic E-state index is 0.0871. The highest BCUT2D eigenvalue weighted by Crippen LogP contribution is 2.08. The fourth-order valence-corrected chi connectivity index (χ4v) is 1.14. The van der Waals surface area contributed by atoms with Crippen molar-refractivity contribution in [2.75, 3.05) is 0 Å². The SMILES string of the molecule is CCCn1cncc1[C@@H](C)N. The van der Waals surface area contributed by atoms with Crippen LogP contribution < -0.4 is 5.73 Å². The second kappa shape index (κ2) is 3.53. The molecule has 0 aromatic carbocycles. The molecule has 2 N–H and O–H groups in total. The second-order valence-corrected chi connectivity index (χ2v) is 2.80. The zero-order chi connectivity index (χ0) is 8.27. The van der Waals surface area contributed by atoms with Gasteiger partial charge in [-0.25, -0.2) is 4.98 Å². The number of rotatable bonds is 3. The summed E-state index contributed by atoms with van der Waals surface area (Å²) >= 11 is 0. The molecule has 0 bridgehead atoms. The zero-order valence-electron chi connectivity index (χ0n) is 7.12. The van der Waals surface area contributed by atoms with Crippen molar-refractivity contribution < 1.29 is 0 Å². The Labute approximate surface area is 67.2 Å². The van der Waals surface area contributed by atoms with Crippen molar-refractivity contribution in [1.29, 1.82) is 0 Å². The Balaban J connectivity index is 2.78. The van der Waals surface area contributed by atoms with E-state index in [0.717, 1.165) is 18.7 Å². The Bertz CT molecular complexity index is 215. The average Bonchev–Trinajstić information content (AvgIpc) is 2.36. The summed E-state index contributed by atoms with van der Waals surface area (Å²) in [5, 5.41) is 0. The van der Waals surface area contributed by atoms with Gasteiger partial charge in [-0.3, -0.25) is 0 Å². The van der Waals surface area contributed by atoms with E-state index in [1.54, 1.807) is 0 Å². The number of hydrogen-bond donors (Lipinski definition) is 1. The molecule has 62 valence electrons. The lowest BCUT2D eigenvalue weighted by Gasteiger charge is -2.08. The van der Waals surface area contributed by atoms with Gasteiger partial charge in [-0.2, -0.15) is 0 Å². The molecule has 3 heteroatoms. The molecule has 0 aliphatic carbocycles. The second-order valence-electron chi connectivity index (χ2n) is 2.80. The molecule has 11 heavy (non-hydrogen) atoms. The number of imidazole rings is 1. The molecule has 1 atom stereocenters. The standard InChI is InChI=1S/C8H15N3/c1-3-4-11-6-10-5-8(11)7(2)9/h5-7H,3-4,9H2,1-2H3/t7-/m1/s1. The first kappa shape index (κ1) is 8.27. The van der Waals surface area contributed by atoms with Crippen LogP contribution in [0, 0.1) is 0 Å². The summed E-state index contributed by atoms with van der Waals surface area (Å²) in [6.45, 7) is 5.13. The molecule has 1 rings (SSSR count). The van der Waals surface area contributed by atoms with Crippen LogP contribution in [-0.2, 0) is 6.54 Å². The molecule has 0 spiro atoms. The molecule has 0 saturated carbocycles. The topological polar surface area (TPSA) is 43.8 Å². The lowest BCUT2D eigenvalue weighted by Crippen LogP contribution is -2.11. The summed E-state index contributed by atoms with van der Waals surface area (Å²) in [6, 6.07) is 0.0871. The van der Waals surface area contributed by atoms with Crippen molar-refractivity contribution in [2.45, 2.75) is 32.9 Å². The molecule has 0 saturated heterocycles. The van der Waals surface area contributed by atoms with E-state index in [4.69, 9.17) is 5.73 Å². The molecule has 1 heterocycles. The van der Waals surface area contributed by atoms with E-state index >= 15 is 0 Å². The molecule has 0 unspecified atom stereocenters. The highest BCUT2D eigenvalue weighted by atomic mass is 15.1. The van der Waals surface area contributed by atoms with Gasteiger partial charge in [0.2, 0.25) is 0 Å². The summed E-state index contributed by atoms with van der Waals surface area (Å²) in [5.74, 6) is 0. The Morgan fingerprint density at radius 1 is 1.73 bits per heavy atom. The largest absolute Gasteiger partial charge is 0.333 e. The quantitative estimate of drug-likeness (QED) is 0.711. The van der Waals surface area contributed by atoms with E-state index in [9.17, 15) is 0 Å². The van der Waals surface area contributed by atoms with Crippen LogP contribution in [0.3, 0.4) is 0 Å². The van der Waals surface area contributed by atoms with Crippen LogP contribution in [0.4, 0.5) is 0 Å². The molecule has 0 fully saturated rings. The number of aromatic nitrogens is 2. The zero-order valence-corrected chi connectivity index (χ0v) is 7.12. The third-order valence-electron chi connectivity index (χ3n) is 1.68. The molecule has 3 nitrogen and oxygen atoms in total. The number of nitrogens with two attached hydrogens (primary N) is 1. The van der Waals surface area contributed by atoms with Gasteiger partial charge >= 0.3 is 0 Å². The first-order valence-electron chi connectivity index (χ1n) is 4.01. The maximum atomic E-state index is 5.73. The van der Waals surface area contributed by atoms with Gasteiger partial charge in [0.1, 0.15) is 0 Å². The van der Waals surface area contributed by atoms with Gasteiger partial charge < -0.3 is 10.3 Å². The van der Waals surface area contributed by atoms with Crippen molar-refractivity contribution in [1.82, 2.24) is 9.55 Å². The van der Waals surface area contributed by atoms with Gasteiger partial charge in [0.25, 0.3) is 0 Å². The Hall–Kier alpha value is -0.830. The summed E-state index contributed by atoms with van der Waals surface area (Å²) in [5.41, 5.74) is 6.85. The molecule has 0 aliphatic heterocycles. The van der Waals surface area contributed by atoms with E-state index in [0.29, 0.717) is 0 Å². The molecule has 1 aromatic heterocycles. The van der Waals surface area contributed by atoms with Crippen LogP contribution in [0.5, 0.6) is 0 Å². The fraction of sp³-hybridized carbons (Fsp3) is 0.625. The van der Waals surface area contributed by atoms with Crippen LogP contribution in [0.25, 0.3) is 0 Å². The van der Waals surface area contributed by atoms with E-state index in [2.05, 4.69) is 16.5 Å². The monoisotopic (exact) mass is 153 g/mol. The first-order chi connectivity index (χ1) is 5.25. The summed E-state index contributed by atoms with van der Waals surface area (Å²) in [4.78, 5) is 4.04. The van der Waals surface area contributed by atoms with Crippen molar-refractivity contribution in [2.24, 2.45) is 5.73 Å². The Morgan fingerprint density at radius 2 is 2.45 bits per heavy atom. The van der Waals surface area contributed by atoms with Gasteiger partial charge in [-0.1, -0.05) is 6.92 Å². The molecular formula is C8H15N3. The average molecular weight is 153 g/mol. The first-order valence-corrected chi connectivity index (χ1v) is 4.01. The molecule has 1 aromatic rings. The van der Waals surface area contributed by atoms with Gasteiger partial charge in [-0.15, -0.1) is 0 Å². The van der Waals surface area contributed by atoms with Gasteiger partial charge in [-0.05, 0) is 13.3 Å². The normalized spacial score (nSPS) is 13.4.